The maximum Gasteiger partial charge on any atom is 0.186 e. The highest BCUT2D eigenvalue weighted by atomic mass is 35.5. The first-order chi connectivity index (χ1) is 11.5. The molecule has 156 valence electrons. The molecule has 3 aliphatic rings. The summed E-state index contributed by atoms with van der Waals surface area (Å²) in [6.45, 7) is 2.78. The zero-order valence-corrected chi connectivity index (χ0v) is 15.7. The highest BCUT2D eigenvalue weighted by Gasteiger charge is 2.46. The Morgan fingerprint density at radius 3 is 2.58 bits per heavy atom. The molecule has 0 aromatic carbocycles. The van der Waals surface area contributed by atoms with Crippen LogP contribution in [0.5, 0.6) is 0 Å². The fourth-order valence-electron chi connectivity index (χ4n) is 2.88. The van der Waals surface area contributed by atoms with Gasteiger partial charge in [-0.15, -0.1) is 12.4 Å². The Morgan fingerprint density at radius 1 is 1.19 bits per heavy atom. The van der Waals surface area contributed by atoms with Crippen LogP contribution in [0.2, 0.25) is 0 Å². The Morgan fingerprint density at radius 2 is 1.88 bits per heavy atom. The molecule has 5 atom stereocenters. The van der Waals surface area contributed by atoms with E-state index in [-0.39, 0.29) is 25.6 Å². The molecule has 3 rings (SSSR count). The first-order valence-electron chi connectivity index (χ1n) is 8.61. The number of likely N-dealkylation sites (N-methyl/N-ethyl adjacent to an activating group) is 1. The second-order valence-corrected chi connectivity index (χ2v) is 6.64. The topological polar surface area (TPSA) is 100 Å². The van der Waals surface area contributed by atoms with Gasteiger partial charge in [0, 0.05) is 26.1 Å². The van der Waals surface area contributed by atoms with E-state index in [1.807, 2.05) is 19.0 Å². The molecule has 0 aliphatic carbocycles. The van der Waals surface area contributed by atoms with Crippen LogP contribution in [0.4, 0.5) is 0 Å². The van der Waals surface area contributed by atoms with Crippen LogP contribution in [0.1, 0.15) is 26.7 Å². The molecule has 5 unspecified atom stereocenters. The summed E-state index contributed by atoms with van der Waals surface area (Å²) in [5.41, 5.74) is 0. The van der Waals surface area contributed by atoms with Crippen LogP contribution >= 0.6 is 12.4 Å². The average Bonchev–Trinajstić information content (AvgIpc) is 2.68. The van der Waals surface area contributed by atoms with E-state index in [9.17, 15) is 15.0 Å². The number of carbonyl (C=O) groups is 1. The standard InChI is InChI=1S/C16H30N2O6.CH4.ClH/c1-18(2)7-6-17-10-11(19)4-5-12-15-13(20)14(21)16(24-12)23-9-3-8-22-15;;/h12-17,20-21H,3-10H2,1-2H3;1H4;1H. The van der Waals surface area contributed by atoms with E-state index in [2.05, 4.69) is 5.32 Å². The molecule has 26 heavy (non-hydrogen) atoms. The predicted octanol–water partition coefficient (Wildman–Crippen LogP) is -0.203. The van der Waals surface area contributed by atoms with Gasteiger partial charge in [0.2, 0.25) is 0 Å². The molecule has 0 amide bonds. The van der Waals surface area contributed by atoms with Crippen LogP contribution in [0.25, 0.3) is 0 Å². The molecular weight excluding hydrogens is 364 g/mol. The van der Waals surface area contributed by atoms with Gasteiger partial charge in [-0.2, -0.15) is 0 Å². The zero-order valence-electron chi connectivity index (χ0n) is 14.9. The lowest BCUT2D eigenvalue weighted by molar-refractivity contribution is -0.295. The number of carbonyl (C=O) groups excluding carboxylic acids is 1. The van der Waals surface area contributed by atoms with E-state index in [1.54, 1.807) is 0 Å². The zero-order chi connectivity index (χ0) is 17.5. The number of ether oxygens (including phenoxy) is 3. The summed E-state index contributed by atoms with van der Waals surface area (Å²) in [6, 6.07) is 0. The van der Waals surface area contributed by atoms with Crippen LogP contribution in [0.3, 0.4) is 0 Å². The number of aliphatic hydroxyl groups is 2. The minimum absolute atomic E-state index is 0. The molecule has 3 heterocycles. The van der Waals surface area contributed by atoms with Crippen molar-refractivity contribution in [2.75, 3.05) is 46.9 Å². The van der Waals surface area contributed by atoms with Gasteiger partial charge in [-0.3, -0.25) is 4.79 Å². The highest BCUT2D eigenvalue weighted by molar-refractivity contribution is 5.85. The number of nitrogens with zero attached hydrogens (tertiary/aromatic N) is 1. The molecule has 3 aliphatic heterocycles. The van der Waals surface area contributed by atoms with Crippen molar-refractivity contribution in [2.45, 2.75) is 57.4 Å². The highest BCUT2D eigenvalue weighted by Crippen LogP contribution is 2.28. The summed E-state index contributed by atoms with van der Waals surface area (Å²) in [4.78, 5) is 14.0. The molecule has 0 aromatic heterocycles. The summed E-state index contributed by atoms with van der Waals surface area (Å²) < 4.78 is 16.8. The van der Waals surface area contributed by atoms with Crippen LogP contribution < -0.4 is 5.32 Å². The van der Waals surface area contributed by atoms with E-state index in [4.69, 9.17) is 14.2 Å². The van der Waals surface area contributed by atoms with Crippen molar-refractivity contribution in [2.24, 2.45) is 0 Å². The number of halogens is 1. The molecule has 0 saturated carbocycles. The van der Waals surface area contributed by atoms with Crippen LogP contribution in [0, 0.1) is 0 Å². The molecule has 3 N–H and O–H groups in total. The van der Waals surface area contributed by atoms with Gasteiger partial charge in [0.1, 0.15) is 24.1 Å². The third-order valence-electron chi connectivity index (χ3n) is 4.29. The fourth-order valence-corrected chi connectivity index (χ4v) is 2.88. The predicted molar refractivity (Wildman–Crippen MR) is 101 cm³/mol. The quantitative estimate of drug-likeness (QED) is 0.483. The van der Waals surface area contributed by atoms with Gasteiger partial charge in [0.15, 0.2) is 6.29 Å². The smallest absolute Gasteiger partial charge is 0.186 e. The summed E-state index contributed by atoms with van der Waals surface area (Å²) in [5.74, 6) is 0.0871. The minimum Gasteiger partial charge on any atom is -0.387 e. The van der Waals surface area contributed by atoms with Crippen molar-refractivity contribution in [3.05, 3.63) is 0 Å². The molecular formula is C17H35ClN2O6. The summed E-state index contributed by atoms with van der Waals surface area (Å²) in [6.07, 6.45) is -2.72. The van der Waals surface area contributed by atoms with Gasteiger partial charge in [0.25, 0.3) is 0 Å². The van der Waals surface area contributed by atoms with Gasteiger partial charge in [-0.25, -0.2) is 0 Å². The van der Waals surface area contributed by atoms with Crippen LogP contribution in [0.15, 0.2) is 0 Å². The summed E-state index contributed by atoms with van der Waals surface area (Å²) in [7, 11) is 3.96. The van der Waals surface area contributed by atoms with E-state index < -0.39 is 30.7 Å². The monoisotopic (exact) mass is 398 g/mol. The number of rotatable bonds is 8. The molecule has 3 fully saturated rings. The van der Waals surface area contributed by atoms with E-state index >= 15 is 0 Å². The number of fused-ring (bicyclic) bond motifs is 6. The van der Waals surface area contributed by atoms with Gasteiger partial charge in [-0.05, 0) is 26.9 Å². The first kappa shape index (κ1) is 25.7. The van der Waals surface area contributed by atoms with Gasteiger partial charge >= 0.3 is 0 Å². The Hall–Kier alpha value is -0.320. The maximum absolute atomic E-state index is 12.0. The maximum atomic E-state index is 12.0. The third-order valence-corrected chi connectivity index (χ3v) is 4.29. The molecule has 0 spiro atoms. The summed E-state index contributed by atoms with van der Waals surface area (Å²) in [5, 5.41) is 23.4. The second kappa shape index (κ2) is 13.0. The fraction of sp³-hybridized carbons (Fsp3) is 0.941. The van der Waals surface area contributed by atoms with Gasteiger partial charge < -0.3 is 34.6 Å². The SMILES string of the molecule is C.CN(C)CCNCC(=O)CCC1OC2OCCCOC1C(O)C2O.Cl. The molecule has 2 bridgehead atoms. The number of hydrogen-bond acceptors (Lipinski definition) is 8. The molecule has 0 aromatic rings. The van der Waals surface area contributed by atoms with Crippen molar-refractivity contribution < 1.29 is 29.2 Å². The number of hydrogen-bond donors (Lipinski definition) is 3. The Labute approximate surface area is 162 Å². The van der Waals surface area contributed by atoms with Crippen molar-refractivity contribution in [1.82, 2.24) is 10.2 Å². The number of nitrogens with one attached hydrogen (secondary N) is 1. The van der Waals surface area contributed by atoms with Crippen molar-refractivity contribution in [1.29, 1.82) is 0 Å². The lowest BCUT2D eigenvalue weighted by Crippen LogP contribution is -2.58. The van der Waals surface area contributed by atoms with Crippen molar-refractivity contribution >= 4 is 18.2 Å². The van der Waals surface area contributed by atoms with Gasteiger partial charge in [0.05, 0.1) is 19.3 Å². The Kier molecular flexibility index (Phi) is 12.8. The lowest BCUT2D eigenvalue weighted by atomic mass is 9.95. The van der Waals surface area contributed by atoms with Gasteiger partial charge in [-0.1, -0.05) is 7.43 Å². The molecule has 3 saturated heterocycles. The number of aliphatic hydroxyl groups excluding tert-OH is 2. The van der Waals surface area contributed by atoms with Crippen molar-refractivity contribution in [3.63, 3.8) is 0 Å². The normalized spacial score (nSPS) is 31.3. The summed E-state index contributed by atoms with van der Waals surface area (Å²) >= 11 is 0. The Balaban J connectivity index is 0.00000312. The average molecular weight is 399 g/mol. The first-order valence-corrected chi connectivity index (χ1v) is 8.61. The van der Waals surface area contributed by atoms with E-state index in [0.29, 0.717) is 39.0 Å². The van der Waals surface area contributed by atoms with E-state index in [0.717, 1.165) is 13.1 Å². The Bertz CT molecular complexity index is 399. The van der Waals surface area contributed by atoms with E-state index in [1.165, 1.54) is 0 Å². The second-order valence-electron chi connectivity index (χ2n) is 6.64. The number of Topliss-reactive ketones (excluding diaryl/α,β-unsaturated/α-hetero) is 1. The largest absolute Gasteiger partial charge is 0.387 e. The molecule has 9 heteroatoms. The molecule has 8 nitrogen and oxygen atoms in total. The van der Waals surface area contributed by atoms with Crippen LogP contribution in [-0.2, 0) is 19.0 Å². The third kappa shape index (κ3) is 7.74. The minimum atomic E-state index is -1.13. The lowest BCUT2D eigenvalue weighted by Gasteiger charge is -2.41. The number of ketones is 1. The van der Waals surface area contributed by atoms with Crippen LogP contribution in [-0.4, -0.2) is 98.5 Å². The van der Waals surface area contributed by atoms with Crippen molar-refractivity contribution in [3.8, 4) is 0 Å². The molecule has 0 radical (unpaired) electrons.